The number of nitrogen functional groups attached to an aromatic ring is 2. The first kappa shape index (κ1) is 19.4. The normalized spacial score (nSPS) is 10.6. The van der Waals surface area contributed by atoms with E-state index in [2.05, 4.69) is 12.1 Å². The van der Waals surface area contributed by atoms with Gasteiger partial charge in [-0.15, -0.1) is 0 Å². The molecule has 0 fully saturated rings. The summed E-state index contributed by atoms with van der Waals surface area (Å²) in [6, 6.07) is 28.0. The van der Waals surface area contributed by atoms with Gasteiger partial charge < -0.3 is 20.9 Å². The Kier molecular flexibility index (Phi) is 5.31. The van der Waals surface area contributed by atoms with Crippen molar-refractivity contribution in [3.05, 3.63) is 84.9 Å². The molecule has 0 aliphatic carbocycles. The maximum absolute atomic E-state index is 6.15. The molecular formula is C26H24N2O2. The monoisotopic (exact) mass is 396 g/mol. The average molecular weight is 396 g/mol. The van der Waals surface area contributed by atoms with Gasteiger partial charge in [-0.1, -0.05) is 36.4 Å². The summed E-state index contributed by atoms with van der Waals surface area (Å²) in [7, 11) is 3.33. The van der Waals surface area contributed by atoms with Crippen LogP contribution < -0.4 is 20.9 Å². The van der Waals surface area contributed by atoms with Gasteiger partial charge in [0.2, 0.25) is 0 Å². The second kappa shape index (κ2) is 8.21. The molecule has 0 bridgehead atoms. The summed E-state index contributed by atoms with van der Waals surface area (Å²) in [6.45, 7) is 0. The number of ether oxygens (including phenoxy) is 2. The third kappa shape index (κ3) is 3.80. The Morgan fingerprint density at radius 2 is 0.833 bits per heavy atom. The maximum Gasteiger partial charge on any atom is 0.118 e. The van der Waals surface area contributed by atoms with Crippen molar-refractivity contribution in [2.45, 2.75) is 0 Å². The lowest BCUT2D eigenvalue weighted by Gasteiger charge is -2.16. The van der Waals surface area contributed by atoms with Crippen molar-refractivity contribution in [3.63, 3.8) is 0 Å². The molecule has 0 aliphatic rings. The quantitative estimate of drug-likeness (QED) is 0.414. The van der Waals surface area contributed by atoms with E-state index in [0.717, 1.165) is 44.9 Å². The van der Waals surface area contributed by atoms with Crippen molar-refractivity contribution >= 4 is 11.4 Å². The van der Waals surface area contributed by atoms with Crippen LogP contribution in [0.1, 0.15) is 0 Å². The Bertz CT molecular complexity index is 1070. The molecule has 0 aliphatic heterocycles. The molecule has 4 N–H and O–H groups in total. The number of hydrogen-bond donors (Lipinski definition) is 2. The van der Waals surface area contributed by atoms with Crippen molar-refractivity contribution in [1.82, 2.24) is 0 Å². The number of anilines is 2. The van der Waals surface area contributed by atoms with E-state index in [1.54, 1.807) is 14.2 Å². The van der Waals surface area contributed by atoms with Crippen LogP contribution in [0, 0.1) is 0 Å². The molecule has 30 heavy (non-hydrogen) atoms. The summed E-state index contributed by atoms with van der Waals surface area (Å²) in [4.78, 5) is 0. The average Bonchev–Trinajstić information content (AvgIpc) is 2.79. The highest BCUT2D eigenvalue weighted by Gasteiger charge is 2.14. The van der Waals surface area contributed by atoms with E-state index in [-0.39, 0.29) is 0 Å². The van der Waals surface area contributed by atoms with Crippen molar-refractivity contribution in [2.75, 3.05) is 25.7 Å². The smallest absolute Gasteiger partial charge is 0.118 e. The zero-order chi connectivity index (χ0) is 21.1. The van der Waals surface area contributed by atoms with Gasteiger partial charge in [0.05, 0.1) is 14.2 Å². The highest BCUT2D eigenvalue weighted by Crippen LogP contribution is 2.40. The number of benzene rings is 4. The zero-order valence-electron chi connectivity index (χ0n) is 17.1. The van der Waals surface area contributed by atoms with Crippen LogP contribution in [-0.4, -0.2) is 14.2 Å². The minimum Gasteiger partial charge on any atom is -0.497 e. The van der Waals surface area contributed by atoms with E-state index >= 15 is 0 Å². The van der Waals surface area contributed by atoms with Gasteiger partial charge in [-0.3, -0.25) is 0 Å². The SMILES string of the molecule is COc1ccc(-c2cc(N)ccc2-c2ccc(N)cc2-c2ccc(OC)cc2)cc1. The number of hydrogen-bond acceptors (Lipinski definition) is 4. The van der Waals surface area contributed by atoms with E-state index in [9.17, 15) is 0 Å². The van der Waals surface area contributed by atoms with E-state index in [1.165, 1.54) is 0 Å². The van der Waals surface area contributed by atoms with Crippen LogP contribution in [0.2, 0.25) is 0 Å². The molecule has 4 aromatic carbocycles. The first-order valence-electron chi connectivity index (χ1n) is 9.67. The molecule has 4 rings (SSSR count). The number of nitrogens with two attached hydrogens (primary N) is 2. The fraction of sp³-hybridized carbons (Fsp3) is 0.0769. The van der Waals surface area contributed by atoms with Gasteiger partial charge in [-0.2, -0.15) is 0 Å². The van der Waals surface area contributed by atoms with E-state index in [1.807, 2.05) is 72.8 Å². The highest BCUT2D eigenvalue weighted by molar-refractivity contribution is 5.93. The Morgan fingerprint density at radius 3 is 1.17 bits per heavy atom. The Balaban J connectivity index is 1.90. The van der Waals surface area contributed by atoms with Crippen LogP contribution in [0.4, 0.5) is 11.4 Å². The molecule has 0 saturated carbocycles. The fourth-order valence-corrected chi connectivity index (χ4v) is 3.61. The summed E-state index contributed by atoms with van der Waals surface area (Å²) >= 11 is 0. The number of rotatable bonds is 5. The van der Waals surface area contributed by atoms with Gasteiger partial charge in [0.1, 0.15) is 11.5 Å². The first-order chi connectivity index (χ1) is 14.6. The highest BCUT2D eigenvalue weighted by atomic mass is 16.5. The lowest BCUT2D eigenvalue weighted by molar-refractivity contribution is 0.415. The molecule has 4 aromatic rings. The van der Waals surface area contributed by atoms with Crippen molar-refractivity contribution in [3.8, 4) is 44.9 Å². The van der Waals surface area contributed by atoms with Gasteiger partial charge in [-0.05, 0) is 81.9 Å². The molecule has 0 aromatic heterocycles. The molecule has 4 heteroatoms. The molecule has 0 radical (unpaired) electrons. The minimum atomic E-state index is 0.714. The van der Waals surface area contributed by atoms with Crippen LogP contribution in [-0.2, 0) is 0 Å². The maximum atomic E-state index is 6.15. The molecule has 4 nitrogen and oxygen atoms in total. The molecule has 0 heterocycles. The predicted octanol–water partition coefficient (Wildman–Crippen LogP) is 5.87. The lowest BCUT2D eigenvalue weighted by atomic mass is 9.88. The van der Waals surface area contributed by atoms with Crippen LogP contribution in [0.25, 0.3) is 33.4 Å². The number of methoxy groups -OCH3 is 2. The topological polar surface area (TPSA) is 70.5 Å². The fourth-order valence-electron chi connectivity index (χ4n) is 3.61. The van der Waals surface area contributed by atoms with E-state index in [0.29, 0.717) is 11.4 Å². The van der Waals surface area contributed by atoms with Gasteiger partial charge >= 0.3 is 0 Å². The van der Waals surface area contributed by atoms with Gasteiger partial charge in [0.25, 0.3) is 0 Å². The van der Waals surface area contributed by atoms with Crippen LogP contribution >= 0.6 is 0 Å². The predicted molar refractivity (Wildman–Crippen MR) is 125 cm³/mol. The Hall–Kier alpha value is -3.92. The molecule has 0 spiro atoms. The van der Waals surface area contributed by atoms with Crippen molar-refractivity contribution < 1.29 is 9.47 Å². The second-order valence-corrected chi connectivity index (χ2v) is 7.07. The van der Waals surface area contributed by atoms with Crippen LogP contribution in [0.3, 0.4) is 0 Å². The third-order valence-corrected chi connectivity index (χ3v) is 5.18. The van der Waals surface area contributed by atoms with E-state index < -0.39 is 0 Å². The molecule has 0 atom stereocenters. The Labute approximate surface area is 176 Å². The molecule has 150 valence electrons. The van der Waals surface area contributed by atoms with E-state index in [4.69, 9.17) is 20.9 Å². The van der Waals surface area contributed by atoms with Gasteiger partial charge in [-0.25, -0.2) is 0 Å². The zero-order valence-corrected chi connectivity index (χ0v) is 17.1. The summed E-state index contributed by atoms with van der Waals surface area (Å²) in [5, 5.41) is 0. The Morgan fingerprint density at radius 1 is 0.467 bits per heavy atom. The minimum absolute atomic E-state index is 0.714. The molecule has 0 amide bonds. The third-order valence-electron chi connectivity index (χ3n) is 5.18. The molecular weight excluding hydrogens is 372 g/mol. The standard InChI is InChI=1S/C26H24N2O2/c1-29-21-9-3-17(4-10-21)25-15-19(27)7-13-23(25)24-14-8-20(28)16-26(24)18-5-11-22(30-2)12-6-18/h3-16H,27-28H2,1-2H3. The van der Waals surface area contributed by atoms with Crippen LogP contribution in [0.15, 0.2) is 84.9 Å². The lowest BCUT2D eigenvalue weighted by Crippen LogP contribution is -1.94. The van der Waals surface area contributed by atoms with Gasteiger partial charge in [0, 0.05) is 11.4 Å². The largest absolute Gasteiger partial charge is 0.497 e. The second-order valence-electron chi connectivity index (χ2n) is 7.07. The van der Waals surface area contributed by atoms with Crippen molar-refractivity contribution in [2.24, 2.45) is 0 Å². The summed E-state index contributed by atoms with van der Waals surface area (Å²) in [6.07, 6.45) is 0. The van der Waals surface area contributed by atoms with Gasteiger partial charge in [0.15, 0.2) is 0 Å². The molecule has 0 saturated heterocycles. The summed E-state index contributed by atoms with van der Waals surface area (Å²) in [5.41, 5.74) is 20.1. The first-order valence-corrected chi connectivity index (χ1v) is 9.67. The summed E-state index contributed by atoms with van der Waals surface area (Å²) in [5.74, 6) is 1.63. The summed E-state index contributed by atoms with van der Waals surface area (Å²) < 4.78 is 10.6. The van der Waals surface area contributed by atoms with Crippen LogP contribution in [0.5, 0.6) is 11.5 Å². The van der Waals surface area contributed by atoms with Crippen molar-refractivity contribution in [1.29, 1.82) is 0 Å². The molecule has 0 unspecified atom stereocenters.